The molecule has 3 fully saturated rings. The summed E-state index contributed by atoms with van der Waals surface area (Å²) < 4.78 is 0. The summed E-state index contributed by atoms with van der Waals surface area (Å²) in [6.07, 6.45) is 11.4. The Morgan fingerprint density at radius 3 is 1.91 bits per heavy atom. The van der Waals surface area contributed by atoms with Crippen molar-refractivity contribution in [1.82, 2.24) is 0 Å². The predicted molar refractivity (Wildman–Crippen MR) is 97.4 cm³/mol. The van der Waals surface area contributed by atoms with Crippen LogP contribution in [-0.2, 0) is 5.41 Å². The van der Waals surface area contributed by atoms with Crippen molar-refractivity contribution in [3.05, 3.63) is 60.2 Å². The molecule has 23 heavy (non-hydrogen) atoms. The molecule has 1 radical (unpaired) electrons. The van der Waals surface area contributed by atoms with Gasteiger partial charge in [0, 0.05) is 0 Å². The summed E-state index contributed by atoms with van der Waals surface area (Å²) in [6, 6.07) is 20.8. The lowest BCUT2D eigenvalue weighted by Crippen LogP contribution is -2.44. The van der Waals surface area contributed by atoms with Gasteiger partial charge in [-0.1, -0.05) is 61.9 Å². The molecule has 2 aromatic rings. The fourth-order valence-electron chi connectivity index (χ4n) is 5.20. The number of rotatable bonds is 4. The molecule has 3 aliphatic rings. The molecule has 3 saturated carbocycles. The number of fused-ring (bicyclic) bond motifs is 3. The Hall–Kier alpha value is -1.56. The third kappa shape index (κ3) is 2.63. The van der Waals surface area contributed by atoms with Crippen molar-refractivity contribution in [2.75, 3.05) is 0 Å². The summed E-state index contributed by atoms with van der Waals surface area (Å²) in [6.45, 7) is 2.35. The molecular formula is C23H27. The van der Waals surface area contributed by atoms with Gasteiger partial charge < -0.3 is 0 Å². The van der Waals surface area contributed by atoms with Crippen LogP contribution in [0.4, 0.5) is 0 Å². The van der Waals surface area contributed by atoms with E-state index in [1.165, 1.54) is 62.5 Å². The van der Waals surface area contributed by atoms with Crippen molar-refractivity contribution in [3.63, 3.8) is 0 Å². The van der Waals surface area contributed by atoms with Crippen molar-refractivity contribution in [3.8, 4) is 11.1 Å². The van der Waals surface area contributed by atoms with E-state index >= 15 is 0 Å². The van der Waals surface area contributed by atoms with Crippen LogP contribution in [0.5, 0.6) is 0 Å². The maximum Gasteiger partial charge on any atom is -0.00463 e. The van der Waals surface area contributed by atoms with Crippen molar-refractivity contribution in [1.29, 1.82) is 0 Å². The van der Waals surface area contributed by atoms with Crippen LogP contribution < -0.4 is 0 Å². The van der Waals surface area contributed by atoms with Crippen LogP contribution in [0.15, 0.2) is 48.5 Å². The van der Waals surface area contributed by atoms with Crippen LogP contribution in [0.2, 0.25) is 0 Å². The second-order valence-corrected chi connectivity index (χ2v) is 7.90. The number of benzene rings is 2. The number of hydrogen-bond acceptors (Lipinski definition) is 0. The van der Waals surface area contributed by atoms with Gasteiger partial charge in [0.15, 0.2) is 0 Å². The largest absolute Gasteiger partial charge is 0.0654 e. The molecule has 3 aliphatic carbocycles. The maximum absolute atomic E-state index is 3.10. The zero-order valence-electron chi connectivity index (χ0n) is 14.3. The van der Waals surface area contributed by atoms with Crippen LogP contribution in [0, 0.1) is 11.5 Å². The minimum Gasteiger partial charge on any atom is -0.0654 e. The highest BCUT2D eigenvalue weighted by atomic mass is 14.5. The average Bonchev–Trinajstić information content (AvgIpc) is 2.64. The first kappa shape index (κ1) is 15.0. The third-order valence-electron chi connectivity index (χ3n) is 6.73. The van der Waals surface area contributed by atoms with Crippen LogP contribution in [0.25, 0.3) is 11.1 Å². The molecule has 2 bridgehead atoms. The van der Waals surface area contributed by atoms with Gasteiger partial charge in [-0.05, 0) is 78.5 Å². The summed E-state index contributed by atoms with van der Waals surface area (Å²) in [5.74, 6) is 0. The lowest BCUT2D eigenvalue weighted by Gasteiger charge is -2.54. The van der Waals surface area contributed by atoms with E-state index in [9.17, 15) is 0 Å². The Kier molecular flexibility index (Phi) is 3.79. The molecule has 5 rings (SSSR count). The summed E-state index contributed by atoms with van der Waals surface area (Å²) in [4.78, 5) is 0. The van der Waals surface area contributed by atoms with Crippen molar-refractivity contribution >= 4 is 0 Å². The van der Waals surface area contributed by atoms with E-state index in [2.05, 4.69) is 49.4 Å². The molecule has 0 N–H and O–H groups in total. The Bertz CT molecular complexity index is 626. The van der Waals surface area contributed by atoms with Gasteiger partial charge in [0.1, 0.15) is 0 Å². The van der Waals surface area contributed by atoms with Crippen LogP contribution >= 0.6 is 0 Å². The summed E-state index contributed by atoms with van der Waals surface area (Å²) >= 11 is 0. The topological polar surface area (TPSA) is 0 Å². The molecule has 0 atom stereocenters. The first-order valence-electron chi connectivity index (χ1n) is 9.32. The molecule has 0 heterocycles. The van der Waals surface area contributed by atoms with E-state index in [0.717, 1.165) is 0 Å². The fourth-order valence-corrected chi connectivity index (χ4v) is 5.20. The molecule has 0 aliphatic heterocycles. The lowest BCUT2D eigenvalue weighted by atomic mass is 9.51. The highest BCUT2D eigenvalue weighted by Crippen LogP contribution is 2.59. The SMILES string of the molecule is CCCC12CCC(c3ccc(-c4cc[c]cc4)cc3)(CC1)CC2. The van der Waals surface area contributed by atoms with E-state index in [-0.39, 0.29) is 0 Å². The van der Waals surface area contributed by atoms with Crippen molar-refractivity contribution in [2.24, 2.45) is 5.41 Å². The monoisotopic (exact) mass is 303 g/mol. The van der Waals surface area contributed by atoms with E-state index in [0.29, 0.717) is 10.8 Å². The smallest absolute Gasteiger partial charge is 0.00463 e. The van der Waals surface area contributed by atoms with E-state index in [4.69, 9.17) is 0 Å². The fraction of sp³-hybridized carbons (Fsp3) is 0.478. The first-order chi connectivity index (χ1) is 11.3. The average molecular weight is 303 g/mol. The summed E-state index contributed by atoms with van der Waals surface area (Å²) in [5.41, 5.74) is 5.40. The van der Waals surface area contributed by atoms with Crippen molar-refractivity contribution in [2.45, 2.75) is 63.7 Å². The Balaban J connectivity index is 1.56. The zero-order chi connectivity index (χ0) is 15.8. The molecule has 0 unspecified atom stereocenters. The minimum absolute atomic E-state index is 0.485. The first-order valence-corrected chi connectivity index (χ1v) is 9.32. The van der Waals surface area contributed by atoms with Gasteiger partial charge in [-0.15, -0.1) is 0 Å². The second kappa shape index (κ2) is 5.82. The highest BCUT2D eigenvalue weighted by molar-refractivity contribution is 5.63. The molecule has 0 heteroatoms. The van der Waals surface area contributed by atoms with Crippen LogP contribution in [-0.4, -0.2) is 0 Å². The zero-order valence-corrected chi connectivity index (χ0v) is 14.3. The Morgan fingerprint density at radius 2 is 1.35 bits per heavy atom. The summed E-state index contributed by atoms with van der Waals surface area (Å²) in [5, 5.41) is 0. The Labute approximate surface area is 140 Å². The molecule has 0 aromatic heterocycles. The van der Waals surface area contributed by atoms with Crippen molar-refractivity contribution < 1.29 is 0 Å². The lowest BCUT2D eigenvalue weighted by molar-refractivity contribution is 0.0320. The minimum atomic E-state index is 0.485. The van der Waals surface area contributed by atoms with Gasteiger partial charge >= 0.3 is 0 Å². The predicted octanol–water partition coefficient (Wildman–Crippen LogP) is 6.55. The molecule has 0 amide bonds. The van der Waals surface area contributed by atoms with Crippen LogP contribution in [0.3, 0.4) is 0 Å². The molecular weight excluding hydrogens is 276 g/mol. The van der Waals surface area contributed by atoms with E-state index in [1.54, 1.807) is 5.56 Å². The van der Waals surface area contributed by atoms with Gasteiger partial charge in [-0.2, -0.15) is 0 Å². The normalized spacial score (nSPS) is 29.6. The van der Waals surface area contributed by atoms with Gasteiger partial charge in [0.05, 0.1) is 0 Å². The van der Waals surface area contributed by atoms with Crippen LogP contribution in [0.1, 0.15) is 63.9 Å². The third-order valence-corrected chi connectivity index (χ3v) is 6.73. The summed E-state index contributed by atoms with van der Waals surface area (Å²) in [7, 11) is 0. The standard InChI is InChI=1S/C23H27/c1-2-12-22-13-16-23(17-14-22,18-15-22)21-10-8-20(9-11-21)19-6-4-3-5-7-19/h4-11H,2,12-18H2,1H3. The maximum atomic E-state index is 3.10. The molecule has 119 valence electrons. The van der Waals surface area contributed by atoms with Gasteiger partial charge in [0.25, 0.3) is 0 Å². The highest BCUT2D eigenvalue weighted by Gasteiger charge is 2.48. The molecule has 0 saturated heterocycles. The van der Waals surface area contributed by atoms with Gasteiger partial charge in [0.2, 0.25) is 0 Å². The van der Waals surface area contributed by atoms with E-state index in [1.807, 2.05) is 12.1 Å². The quantitative estimate of drug-likeness (QED) is 0.601. The van der Waals surface area contributed by atoms with Gasteiger partial charge in [-0.3, -0.25) is 0 Å². The second-order valence-electron chi connectivity index (χ2n) is 7.90. The molecule has 0 spiro atoms. The molecule has 2 aromatic carbocycles. The van der Waals surface area contributed by atoms with E-state index < -0.39 is 0 Å². The Morgan fingerprint density at radius 1 is 0.783 bits per heavy atom. The number of hydrogen-bond donors (Lipinski definition) is 0. The van der Waals surface area contributed by atoms with Gasteiger partial charge in [-0.25, -0.2) is 0 Å². The molecule has 0 nitrogen and oxygen atoms in total.